The number of hydrogen-bond acceptors (Lipinski definition) is 6. The predicted molar refractivity (Wildman–Crippen MR) is 96.2 cm³/mol. The van der Waals surface area contributed by atoms with E-state index in [9.17, 15) is 4.79 Å². The van der Waals surface area contributed by atoms with Crippen LogP contribution < -0.4 is 10.2 Å². The Morgan fingerprint density at radius 1 is 1.19 bits per heavy atom. The van der Waals surface area contributed by atoms with Gasteiger partial charge < -0.3 is 10.2 Å². The molecule has 4 rings (SSSR count). The maximum Gasteiger partial charge on any atom is 0.269 e. The van der Waals surface area contributed by atoms with Crippen LogP contribution in [-0.4, -0.2) is 54.4 Å². The summed E-state index contributed by atoms with van der Waals surface area (Å²) in [5, 5.41) is 11.6. The lowest BCUT2D eigenvalue weighted by atomic mass is 10.0. The molecule has 1 N–H and O–H groups in total. The second-order valence-corrected chi connectivity index (χ2v) is 6.76. The first-order valence-corrected chi connectivity index (χ1v) is 8.75. The summed E-state index contributed by atoms with van der Waals surface area (Å²) in [5.74, 6) is 1.55. The standard InChI is InChI=1S/C17H22N8O/c1-11-9-15(25-17(20-11)18-10-19-25)24-6-4-13(5-7-24)21-16(26)14-8-12(2)22-23(14)3/h8-10,13H,4-7H2,1-3H3,(H,21,26). The second kappa shape index (κ2) is 6.40. The molecule has 0 unspecified atom stereocenters. The Morgan fingerprint density at radius 3 is 2.65 bits per heavy atom. The van der Waals surface area contributed by atoms with E-state index in [2.05, 4.69) is 30.4 Å². The number of aromatic nitrogens is 6. The summed E-state index contributed by atoms with van der Waals surface area (Å²) in [5.41, 5.74) is 2.36. The number of piperidine rings is 1. The molecule has 26 heavy (non-hydrogen) atoms. The number of carbonyl (C=O) groups excluding carboxylic acids is 1. The zero-order chi connectivity index (χ0) is 18.3. The van der Waals surface area contributed by atoms with E-state index in [-0.39, 0.29) is 11.9 Å². The van der Waals surface area contributed by atoms with Crippen molar-refractivity contribution in [2.24, 2.45) is 7.05 Å². The van der Waals surface area contributed by atoms with Gasteiger partial charge in [0.2, 0.25) is 0 Å². The third-order valence-corrected chi connectivity index (χ3v) is 4.75. The first kappa shape index (κ1) is 16.5. The number of amides is 1. The number of hydrogen-bond donors (Lipinski definition) is 1. The van der Waals surface area contributed by atoms with Gasteiger partial charge in [-0.1, -0.05) is 0 Å². The molecule has 9 nitrogen and oxygen atoms in total. The van der Waals surface area contributed by atoms with Crippen LogP contribution in [0.2, 0.25) is 0 Å². The highest BCUT2D eigenvalue weighted by atomic mass is 16.2. The fourth-order valence-electron chi connectivity index (χ4n) is 3.47. The Bertz CT molecular complexity index is 951. The molecule has 3 aromatic rings. The SMILES string of the molecule is Cc1cc(N2CCC(NC(=O)c3cc(C)nn3C)CC2)n2ncnc2n1. The van der Waals surface area contributed by atoms with Gasteiger partial charge >= 0.3 is 0 Å². The Morgan fingerprint density at radius 2 is 1.96 bits per heavy atom. The Balaban J connectivity index is 1.43. The van der Waals surface area contributed by atoms with Crippen molar-refractivity contribution in [3.05, 3.63) is 35.5 Å². The normalized spacial score (nSPS) is 15.6. The maximum absolute atomic E-state index is 12.5. The van der Waals surface area contributed by atoms with Crippen LogP contribution in [0.25, 0.3) is 5.78 Å². The molecule has 3 aromatic heterocycles. The number of carbonyl (C=O) groups is 1. The minimum atomic E-state index is -0.0648. The van der Waals surface area contributed by atoms with Crippen molar-refractivity contribution in [1.82, 2.24) is 34.7 Å². The molecule has 0 atom stereocenters. The molecule has 0 aromatic carbocycles. The largest absolute Gasteiger partial charge is 0.356 e. The second-order valence-electron chi connectivity index (χ2n) is 6.76. The van der Waals surface area contributed by atoms with Crippen LogP contribution in [0, 0.1) is 13.8 Å². The quantitative estimate of drug-likeness (QED) is 0.750. The van der Waals surface area contributed by atoms with Crippen LogP contribution in [0.1, 0.15) is 34.7 Å². The van der Waals surface area contributed by atoms with E-state index in [0.717, 1.165) is 43.1 Å². The molecule has 9 heteroatoms. The van der Waals surface area contributed by atoms with Crippen molar-refractivity contribution in [1.29, 1.82) is 0 Å². The van der Waals surface area contributed by atoms with Crippen molar-refractivity contribution >= 4 is 17.5 Å². The zero-order valence-electron chi connectivity index (χ0n) is 15.2. The van der Waals surface area contributed by atoms with Gasteiger partial charge in [0.1, 0.15) is 17.8 Å². The Labute approximate surface area is 151 Å². The smallest absolute Gasteiger partial charge is 0.269 e. The highest BCUT2D eigenvalue weighted by molar-refractivity contribution is 5.92. The van der Waals surface area contributed by atoms with Crippen molar-refractivity contribution in [2.75, 3.05) is 18.0 Å². The lowest BCUT2D eigenvalue weighted by Crippen LogP contribution is -2.45. The van der Waals surface area contributed by atoms with Gasteiger partial charge in [0.25, 0.3) is 11.7 Å². The van der Waals surface area contributed by atoms with Crippen LogP contribution >= 0.6 is 0 Å². The van der Waals surface area contributed by atoms with Crippen molar-refractivity contribution in [2.45, 2.75) is 32.7 Å². The topological polar surface area (TPSA) is 93.2 Å². The number of nitrogens with zero attached hydrogens (tertiary/aromatic N) is 7. The van der Waals surface area contributed by atoms with Crippen molar-refractivity contribution < 1.29 is 4.79 Å². The first-order chi connectivity index (χ1) is 12.5. The highest BCUT2D eigenvalue weighted by Gasteiger charge is 2.24. The molecule has 136 valence electrons. The highest BCUT2D eigenvalue weighted by Crippen LogP contribution is 2.21. The van der Waals surface area contributed by atoms with Crippen molar-refractivity contribution in [3.8, 4) is 0 Å². The van der Waals surface area contributed by atoms with Gasteiger partial charge in [0.15, 0.2) is 0 Å². The molecule has 0 radical (unpaired) electrons. The molecule has 1 saturated heterocycles. The lowest BCUT2D eigenvalue weighted by molar-refractivity contribution is 0.0921. The van der Waals surface area contributed by atoms with Crippen LogP contribution in [0.3, 0.4) is 0 Å². The van der Waals surface area contributed by atoms with E-state index >= 15 is 0 Å². The minimum absolute atomic E-state index is 0.0648. The summed E-state index contributed by atoms with van der Waals surface area (Å²) in [6, 6.07) is 3.99. The van der Waals surface area contributed by atoms with Crippen LogP contribution in [0.4, 0.5) is 5.82 Å². The van der Waals surface area contributed by atoms with Gasteiger partial charge in [-0.3, -0.25) is 9.48 Å². The monoisotopic (exact) mass is 354 g/mol. The summed E-state index contributed by atoms with van der Waals surface area (Å²) in [6.45, 7) is 5.53. The van der Waals surface area contributed by atoms with E-state index in [1.54, 1.807) is 16.2 Å². The Kier molecular flexibility index (Phi) is 4.06. The van der Waals surface area contributed by atoms with E-state index in [1.165, 1.54) is 6.33 Å². The van der Waals surface area contributed by atoms with Gasteiger partial charge in [-0.15, -0.1) is 0 Å². The summed E-state index contributed by atoms with van der Waals surface area (Å²) in [6.07, 6.45) is 3.27. The van der Waals surface area contributed by atoms with E-state index in [1.807, 2.05) is 26.0 Å². The van der Waals surface area contributed by atoms with E-state index < -0.39 is 0 Å². The molecule has 1 aliphatic rings. The zero-order valence-corrected chi connectivity index (χ0v) is 15.2. The first-order valence-electron chi connectivity index (χ1n) is 8.75. The fraction of sp³-hybridized carbons (Fsp3) is 0.471. The third kappa shape index (κ3) is 3.00. The molecule has 0 bridgehead atoms. The third-order valence-electron chi connectivity index (χ3n) is 4.75. The summed E-state index contributed by atoms with van der Waals surface area (Å²) in [7, 11) is 1.79. The maximum atomic E-state index is 12.5. The number of aryl methyl sites for hydroxylation is 3. The minimum Gasteiger partial charge on any atom is -0.356 e. The molecule has 4 heterocycles. The van der Waals surface area contributed by atoms with Gasteiger partial charge in [0, 0.05) is 37.9 Å². The summed E-state index contributed by atoms with van der Waals surface area (Å²) >= 11 is 0. The van der Waals surface area contributed by atoms with E-state index in [0.29, 0.717) is 11.5 Å². The number of fused-ring (bicyclic) bond motifs is 1. The van der Waals surface area contributed by atoms with Gasteiger partial charge in [-0.2, -0.15) is 19.7 Å². The summed E-state index contributed by atoms with van der Waals surface area (Å²) < 4.78 is 3.39. The lowest BCUT2D eigenvalue weighted by Gasteiger charge is -2.33. The average Bonchev–Trinajstić information content (AvgIpc) is 3.20. The van der Waals surface area contributed by atoms with Crippen molar-refractivity contribution in [3.63, 3.8) is 0 Å². The summed E-state index contributed by atoms with van der Waals surface area (Å²) in [4.78, 5) is 23.3. The van der Waals surface area contributed by atoms with Crippen LogP contribution in [0.15, 0.2) is 18.5 Å². The average molecular weight is 354 g/mol. The Hall–Kier alpha value is -2.97. The molecule has 1 aliphatic heterocycles. The van der Waals surface area contributed by atoms with Gasteiger partial charge in [-0.05, 0) is 32.8 Å². The van der Waals surface area contributed by atoms with Gasteiger partial charge in [-0.25, -0.2) is 4.98 Å². The number of nitrogens with one attached hydrogen (secondary N) is 1. The molecule has 1 fully saturated rings. The molecule has 0 spiro atoms. The van der Waals surface area contributed by atoms with Gasteiger partial charge in [0.05, 0.1) is 5.69 Å². The molecular weight excluding hydrogens is 332 g/mol. The molecule has 1 amide bonds. The fourth-order valence-corrected chi connectivity index (χ4v) is 3.47. The number of anilines is 1. The molecular formula is C17H22N8O. The van der Waals surface area contributed by atoms with E-state index in [4.69, 9.17) is 0 Å². The predicted octanol–water partition coefficient (Wildman–Crippen LogP) is 0.873. The molecule has 0 aliphatic carbocycles. The molecule has 0 saturated carbocycles. The van der Waals surface area contributed by atoms with Crippen LogP contribution in [0.5, 0.6) is 0 Å². The number of rotatable bonds is 3. The van der Waals surface area contributed by atoms with Crippen LogP contribution in [-0.2, 0) is 7.05 Å².